The lowest BCUT2D eigenvalue weighted by Crippen LogP contribution is -2.49. The highest BCUT2D eigenvalue weighted by molar-refractivity contribution is 7.88. The van der Waals surface area contributed by atoms with Gasteiger partial charge >= 0.3 is 6.09 Å². The molecule has 8 nitrogen and oxygen atoms in total. The summed E-state index contributed by atoms with van der Waals surface area (Å²) in [5.74, 6) is 0. The molecule has 0 saturated carbocycles. The van der Waals surface area contributed by atoms with E-state index in [9.17, 15) is 13.2 Å². The molecule has 1 aromatic carbocycles. The first-order valence-corrected chi connectivity index (χ1v) is 12.7. The van der Waals surface area contributed by atoms with Crippen LogP contribution in [0, 0.1) is 0 Å². The molecule has 2 heterocycles. The van der Waals surface area contributed by atoms with E-state index >= 15 is 0 Å². The van der Waals surface area contributed by atoms with Gasteiger partial charge in [-0.2, -0.15) is 4.31 Å². The summed E-state index contributed by atoms with van der Waals surface area (Å²) in [6, 6.07) is 9.12. The van der Waals surface area contributed by atoms with Gasteiger partial charge in [-0.25, -0.2) is 23.2 Å². The molecule has 0 radical (unpaired) electrons. The third kappa shape index (κ3) is 6.63. The van der Waals surface area contributed by atoms with Crippen molar-refractivity contribution in [3.8, 4) is 11.3 Å². The summed E-state index contributed by atoms with van der Waals surface area (Å²) in [6.07, 6.45) is 3.54. The molecular weight excluding hydrogens is 452 g/mol. The average molecular weight is 481 g/mol. The van der Waals surface area contributed by atoms with Gasteiger partial charge in [-0.15, -0.1) is 0 Å². The standard InChI is InChI=1S/C22H29ClN4O4S/c1-22(2,3)31-21(28)26-12-9-18(10-13-26)27(32(4,29)30)15-16-6-5-7-17(14-16)19-8-11-24-20(23)25-19/h5-8,11,14,18H,9-10,12-13,15H2,1-4H3. The van der Waals surface area contributed by atoms with Gasteiger partial charge in [-0.1, -0.05) is 18.2 Å². The Hall–Kier alpha value is -2.23. The van der Waals surface area contributed by atoms with Crippen molar-refractivity contribution in [2.75, 3.05) is 19.3 Å². The van der Waals surface area contributed by atoms with E-state index in [0.29, 0.717) is 31.6 Å². The summed E-state index contributed by atoms with van der Waals surface area (Å²) >= 11 is 5.90. The van der Waals surface area contributed by atoms with Gasteiger partial charge in [-0.05, 0) is 62.9 Å². The van der Waals surface area contributed by atoms with Gasteiger partial charge in [-0.3, -0.25) is 0 Å². The van der Waals surface area contributed by atoms with E-state index in [1.807, 2.05) is 45.0 Å². The monoisotopic (exact) mass is 480 g/mol. The van der Waals surface area contributed by atoms with Crippen molar-refractivity contribution in [2.45, 2.75) is 51.8 Å². The maximum atomic E-state index is 12.6. The van der Waals surface area contributed by atoms with Crippen molar-refractivity contribution in [2.24, 2.45) is 0 Å². The zero-order valence-corrected chi connectivity index (χ0v) is 20.4. The Morgan fingerprint density at radius 2 is 1.94 bits per heavy atom. The van der Waals surface area contributed by atoms with Gasteiger partial charge in [0.2, 0.25) is 15.3 Å². The molecule has 1 aliphatic rings. The van der Waals surface area contributed by atoms with Crippen LogP contribution in [0.1, 0.15) is 39.2 Å². The minimum atomic E-state index is -3.46. The Morgan fingerprint density at radius 3 is 2.53 bits per heavy atom. The summed E-state index contributed by atoms with van der Waals surface area (Å²) in [5.41, 5.74) is 1.78. The second-order valence-corrected chi connectivity index (χ2v) is 11.2. The van der Waals surface area contributed by atoms with Crippen LogP contribution in [0.5, 0.6) is 0 Å². The number of hydrogen-bond acceptors (Lipinski definition) is 6. The minimum Gasteiger partial charge on any atom is -0.444 e. The van der Waals surface area contributed by atoms with Crippen LogP contribution in [0.15, 0.2) is 36.5 Å². The van der Waals surface area contributed by atoms with Crippen LogP contribution in [-0.4, -0.2) is 64.7 Å². The number of rotatable bonds is 5. The van der Waals surface area contributed by atoms with Gasteiger partial charge < -0.3 is 9.64 Å². The van der Waals surface area contributed by atoms with Crippen LogP contribution in [0.25, 0.3) is 11.3 Å². The number of ether oxygens (including phenoxy) is 1. The lowest BCUT2D eigenvalue weighted by Gasteiger charge is -2.37. The van der Waals surface area contributed by atoms with Crippen molar-refractivity contribution in [1.29, 1.82) is 0 Å². The summed E-state index contributed by atoms with van der Waals surface area (Å²) in [6.45, 7) is 6.62. The highest BCUT2D eigenvalue weighted by Gasteiger charge is 2.33. The highest BCUT2D eigenvalue weighted by Crippen LogP contribution is 2.25. The molecular formula is C22H29ClN4O4S. The van der Waals surface area contributed by atoms with E-state index in [-0.39, 0.29) is 24.0 Å². The molecule has 2 aromatic rings. The molecule has 1 amide bonds. The zero-order chi connectivity index (χ0) is 23.5. The van der Waals surface area contributed by atoms with Crippen LogP contribution in [0.3, 0.4) is 0 Å². The molecule has 0 unspecified atom stereocenters. The molecule has 1 saturated heterocycles. The summed E-state index contributed by atoms with van der Waals surface area (Å²) in [4.78, 5) is 22.1. The Kier molecular flexibility index (Phi) is 7.42. The molecule has 0 spiro atoms. The second kappa shape index (κ2) is 9.72. The van der Waals surface area contributed by atoms with Gasteiger partial charge in [0.05, 0.1) is 11.9 Å². The number of carbonyl (C=O) groups is 1. The van der Waals surface area contributed by atoms with Gasteiger partial charge in [0.1, 0.15) is 5.60 Å². The summed E-state index contributed by atoms with van der Waals surface area (Å²) in [5, 5.41) is 0.155. The first-order valence-electron chi connectivity index (χ1n) is 10.4. The van der Waals surface area contributed by atoms with Crippen LogP contribution in [0.2, 0.25) is 5.28 Å². The van der Waals surface area contributed by atoms with Crippen molar-refractivity contribution in [3.05, 3.63) is 47.4 Å². The molecule has 1 fully saturated rings. The maximum Gasteiger partial charge on any atom is 0.410 e. The van der Waals surface area contributed by atoms with E-state index in [2.05, 4.69) is 9.97 Å². The number of sulfonamides is 1. The molecule has 174 valence electrons. The Morgan fingerprint density at radius 1 is 1.25 bits per heavy atom. The van der Waals surface area contributed by atoms with Crippen molar-refractivity contribution in [1.82, 2.24) is 19.2 Å². The normalized spacial score (nSPS) is 15.8. The van der Waals surface area contributed by atoms with Gasteiger partial charge in [0, 0.05) is 37.4 Å². The number of amides is 1. The first-order chi connectivity index (χ1) is 14.9. The van der Waals surface area contributed by atoms with E-state index in [1.165, 1.54) is 10.6 Å². The Bertz CT molecular complexity index is 1060. The molecule has 1 aliphatic heterocycles. The Labute approximate surface area is 194 Å². The molecule has 1 aromatic heterocycles. The molecule has 0 aliphatic carbocycles. The number of benzene rings is 1. The number of aromatic nitrogens is 2. The molecule has 10 heteroatoms. The van der Waals surface area contributed by atoms with Crippen LogP contribution in [0.4, 0.5) is 4.79 Å². The SMILES string of the molecule is CC(C)(C)OC(=O)N1CCC(N(Cc2cccc(-c3ccnc(Cl)n3)c2)S(C)(=O)=O)CC1. The number of halogens is 1. The van der Waals surface area contributed by atoms with Crippen molar-refractivity contribution >= 4 is 27.7 Å². The summed E-state index contributed by atoms with van der Waals surface area (Å²) in [7, 11) is -3.46. The second-order valence-electron chi connectivity index (χ2n) is 8.92. The van der Waals surface area contributed by atoms with Crippen molar-refractivity contribution < 1.29 is 17.9 Å². The molecule has 0 N–H and O–H groups in total. The zero-order valence-electron chi connectivity index (χ0n) is 18.8. The predicted octanol–water partition coefficient (Wildman–Crippen LogP) is 3.96. The quantitative estimate of drug-likeness (QED) is 0.601. The van der Waals surface area contributed by atoms with E-state index in [0.717, 1.165) is 11.1 Å². The van der Waals surface area contributed by atoms with Crippen LogP contribution >= 0.6 is 11.6 Å². The molecule has 3 rings (SSSR count). The lowest BCUT2D eigenvalue weighted by atomic mass is 10.0. The topological polar surface area (TPSA) is 92.7 Å². The third-order valence-corrected chi connectivity index (χ3v) is 6.60. The van der Waals surface area contributed by atoms with Crippen LogP contribution < -0.4 is 0 Å². The number of carbonyl (C=O) groups excluding carboxylic acids is 1. The third-order valence-electron chi connectivity index (χ3n) is 5.14. The molecule has 0 bridgehead atoms. The first kappa shape index (κ1) is 24.4. The fraction of sp³-hybridized carbons (Fsp3) is 0.500. The van der Waals surface area contributed by atoms with Gasteiger partial charge in [0.25, 0.3) is 0 Å². The van der Waals surface area contributed by atoms with E-state index in [4.69, 9.17) is 16.3 Å². The van der Waals surface area contributed by atoms with E-state index in [1.54, 1.807) is 17.2 Å². The maximum absolute atomic E-state index is 12.6. The number of hydrogen-bond donors (Lipinski definition) is 0. The predicted molar refractivity (Wildman–Crippen MR) is 124 cm³/mol. The largest absolute Gasteiger partial charge is 0.444 e. The molecule has 32 heavy (non-hydrogen) atoms. The van der Waals surface area contributed by atoms with Gasteiger partial charge in [0.15, 0.2) is 0 Å². The number of nitrogens with zero attached hydrogens (tertiary/aromatic N) is 4. The number of piperidine rings is 1. The smallest absolute Gasteiger partial charge is 0.410 e. The lowest BCUT2D eigenvalue weighted by molar-refractivity contribution is 0.0176. The number of likely N-dealkylation sites (tertiary alicyclic amines) is 1. The Balaban J connectivity index is 1.73. The van der Waals surface area contributed by atoms with Crippen LogP contribution in [-0.2, 0) is 21.3 Å². The molecule has 0 atom stereocenters. The minimum absolute atomic E-state index is 0.155. The fourth-order valence-electron chi connectivity index (χ4n) is 3.68. The average Bonchev–Trinajstić information content (AvgIpc) is 2.70. The van der Waals surface area contributed by atoms with Crippen molar-refractivity contribution in [3.63, 3.8) is 0 Å². The summed E-state index contributed by atoms with van der Waals surface area (Å²) < 4.78 is 32.2. The van der Waals surface area contributed by atoms with E-state index < -0.39 is 15.6 Å². The highest BCUT2D eigenvalue weighted by atomic mass is 35.5. The fourth-order valence-corrected chi connectivity index (χ4v) is 4.97.